The van der Waals surface area contributed by atoms with Crippen LogP contribution in [-0.4, -0.2) is 12.1 Å². The van der Waals surface area contributed by atoms with Gasteiger partial charge in [-0.1, -0.05) is 0 Å². The Balaban J connectivity index is 1.90. The highest BCUT2D eigenvalue weighted by Crippen LogP contribution is 2.46. The third kappa shape index (κ3) is 1.79. The minimum Gasteiger partial charge on any atom is -0.462 e. The smallest absolute Gasteiger partial charge is 0.311 e. The van der Waals surface area contributed by atoms with Gasteiger partial charge in [0, 0.05) is 0 Å². The first-order valence-electron chi connectivity index (χ1n) is 5.68. The third-order valence-corrected chi connectivity index (χ3v) is 3.54. The number of rotatable bonds is 1. The predicted octanol–water partition coefficient (Wildman–Crippen LogP) is 2.76. The van der Waals surface area contributed by atoms with Gasteiger partial charge in [-0.2, -0.15) is 0 Å². The van der Waals surface area contributed by atoms with Crippen LogP contribution < -0.4 is 0 Å². The molecule has 14 heavy (non-hydrogen) atoms. The number of ether oxygens (including phenoxy) is 1. The van der Waals surface area contributed by atoms with Crippen LogP contribution in [0.5, 0.6) is 0 Å². The molecule has 0 heterocycles. The fourth-order valence-electron chi connectivity index (χ4n) is 2.64. The lowest BCUT2D eigenvalue weighted by molar-refractivity contribution is -0.161. The van der Waals surface area contributed by atoms with Crippen molar-refractivity contribution in [2.24, 2.45) is 17.3 Å². The number of esters is 1. The fourth-order valence-corrected chi connectivity index (χ4v) is 2.64. The summed E-state index contributed by atoms with van der Waals surface area (Å²) in [7, 11) is 0. The van der Waals surface area contributed by atoms with Crippen LogP contribution in [0.2, 0.25) is 0 Å². The second-order valence-electron chi connectivity index (χ2n) is 5.87. The van der Waals surface area contributed by atoms with Crippen molar-refractivity contribution in [2.75, 3.05) is 0 Å². The number of hydrogen-bond donors (Lipinski definition) is 0. The lowest BCUT2D eigenvalue weighted by atomic mass is 9.95. The van der Waals surface area contributed by atoms with Crippen molar-refractivity contribution in [3.63, 3.8) is 0 Å². The maximum absolute atomic E-state index is 11.7. The summed E-state index contributed by atoms with van der Waals surface area (Å²) in [5.74, 6) is 1.49. The van der Waals surface area contributed by atoms with Crippen molar-refractivity contribution in [1.82, 2.24) is 0 Å². The molecule has 2 aliphatic carbocycles. The van der Waals surface area contributed by atoms with Gasteiger partial charge in [-0.25, -0.2) is 0 Å². The molecule has 0 spiro atoms. The molecule has 0 aromatic heterocycles. The second-order valence-corrected chi connectivity index (χ2v) is 5.87. The Kier molecular flexibility index (Phi) is 2.32. The zero-order chi connectivity index (χ0) is 10.3. The van der Waals surface area contributed by atoms with Gasteiger partial charge in [0.25, 0.3) is 0 Å². The van der Waals surface area contributed by atoms with E-state index in [2.05, 4.69) is 0 Å². The van der Waals surface area contributed by atoms with Crippen LogP contribution in [0, 0.1) is 17.3 Å². The van der Waals surface area contributed by atoms with Crippen molar-refractivity contribution >= 4 is 5.97 Å². The first-order chi connectivity index (χ1) is 6.47. The first kappa shape index (κ1) is 10.0. The highest BCUT2D eigenvalue weighted by molar-refractivity contribution is 5.75. The molecule has 2 saturated carbocycles. The summed E-state index contributed by atoms with van der Waals surface area (Å²) < 4.78 is 5.57. The maximum atomic E-state index is 11.7. The van der Waals surface area contributed by atoms with Gasteiger partial charge in [-0.3, -0.25) is 4.79 Å². The molecule has 2 rings (SSSR count). The molecule has 3 unspecified atom stereocenters. The van der Waals surface area contributed by atoms with E-state index in [0.717, 1.165) is 12.3 Å². The largest absolute Gasteiger partial charge is 0.462 e. The van der Waals surface area contributed by atoms with Gasteiger partial charge < -0.3 is 4.74 Å². The average molecular weight is 196 g/mol. The number of fused-ring (bicyclic) bond motifs is 2. The van der Waals surface area contributed by atoms with Crippen LogP contribution in [0.3, 0.4) is 0 Å². The van der Waals surface area contributed by atoms with E-state index in [0.29, 0.717) is 5.92 Å². The highest BCUT2D eigenvalue weighted by Gasteiger charge is 2.42. The Morgan fingerprint density at radius 2 is 1.93 bits per heavy atom. The molecule has 2 heteroatoms. The molecule has 0 N–H and O–H groups in total. The summed E-state index contributed by atoms with van der Waals surface area (Å²) in [4.78, 5) is 11.7. The highest BCUT2D eigenvalue weighted by atomic mass is 16.5. The van der Waals surface area contributed by atoms with Gasteiger partial charge in [0.15, 0.2) is 0 Å². The lowest BCUT2D eigenvalue weighted by Gasteiger charge is -2.26. The Bertz CT molecular complexity index is 239. The van der Waals surface area contributed by atoms with E-state index in [1.54, 1.807) is 0 Å². The van der Waals surface area contributed by atoms with E-state index in [9.17, 15) is 4.79 Å². The van der Waals surface area contributed by atoms with E-state index >= 15 is 0 Å². The lowest BCUT2D eigenvalue weighted by Crippen LogP contribution is -2.31. The fraction of sp³-hybridized carbons (Fsp3) is 0.917. The molecule has 2 aliphatic rings. The van der Waals surface area contributed by atoms with Gasteiger partial charge >= 0.3 is 5.97 Å². The van der Waals surface area contributed by atoms with Crippen molar-refractivity contribution in [1.29, 1.82) is 0 Å². The summed E-state index contributed by atoms with van der Waals surface area (Å²) in [6.45, 7) is 5.76. The quantitative estimate of drug-likeness (QED) is 0.603. The molecular weight excluding hydrogens is 176 g/mol. The van der Waals surface area contributed by atoms with Crippen LogP contribution in [0.4, 0.5) is 0 Å². The molecular formula is C12H20O2. The maximum Gasteiger partial charge on any atom is 0.311 e. The Morgan fingerprint density at radius 3 is 2.36 bits per heavy atom. The minimum absolute atomic E-state index is 0.0324. The molecule has 2 bridgehead atoms. The second kappa shape index (κ2) is 3.25. The zero-order valence-corrected chi connectivity index (χ0v) is 9.38. The summed E-state index contributed by atoms with van der Waals surface area (Å²) in [5, 5.41) is 0. The van der Waals surface area contributed by atoms with Crippen molar-refractivity contribution in [3.05, 3.63) is 0 Å². The van der Waals surface area contributed by atoms with Crippen LogP contribution in [-0.2, 0) is 9.53 Å². The molecule has 80 valence electrons. The van der Waals surface area contributed by atoms with E-state index < -0.39 is 0 Å². The van der Waals surface area contributed by atoms with Crippen molar-refractivity contribution < 1.29 is 9.53 Å². The van der Waals surface area contributed by atoms with Gasteiger partial charge in [0.2, 0.25) is 0 Å². The monoisotopic (exact) mass is 196 g/mol. The number of carbonyl (C=O) groups is 1. The Hall–Kier alpha value is -0.530. The van der Waals surface area contributed by atoms with Gasteiger partial charge in [0.1, 0.15) is 6.10 Å². The zero-order valence-electron chi connectivity index (χ0n) is 9.38. The topological polar surface area (TPSA) is 26.3 Å². The standard InChI is InChI=1S/C12H20O2/c1-12(2,3)11(13)14-10-7-8-4-5-9(10)6-8/h8-10H,4-7H2,1-3H3. The molecule has 2 fully saturated rings. The summed E-state index contributed by atoms with van der Waals surface area (Å²) in [6.07, 6.45) is 5.27. The molecule has 0 amide bonds. The van der Waals surface area contributed by atoms with Crippen LogP contribution >= 0.6 is 0 Å². The van der Waals surface area contributed by atoms with Gasteiger partial charge in [0.05, 0.1) is 5.41 Å². The van der Waals surface area contributed by atoms with E-state index in [-0.39, 0.29) is 17.5 Å². The van der Waals surface area contributed by atoms with Gasteiger partial charge in [-0.15, -0.1) is 0 Å². The SMILES string of the molecule is CC(C)(C)C(=O)OC1CC2CCC1C2. The van der Waals surface area contributed by atoms with E-state index in [1.807, 2.05) is 20.8 Å². The van der Waals surface area contributed by atoms with Crippen LogP contribution in [0.25, 0.3) is 0 Å². The average Bonchev–Trinajstić information content (AvgIpc) is 2.62. The summed E-state index contributed by atoms with van der Waals surface area (Å²) >= 11 is 0. The van der Waals surface area contributed by atoms with Gasteiger partial charge in [-0.05, 0) is 58.3 Å². The van der Waals surface area contributed by atoms with E-state index in [4.69, 9.17) is 4.74 Å². The molecule has 0 radical (unpaired) electrons. The minimum atomic E-state index is -0.345. The number of carbonyl (C=O) groups excluding carboxylic acids is 1. The van der Waals surface area contributed by atoms with Crippen molar-refractivity contribution in [3.8, 4) is 0 Å². The molecule has 0 saturated heterocycles. The van der Waals surface area contributed by atoms with Crippen molar-refractivity contribution in [2.45, 2.75) is 52.6 Å². The van der Waals surface area contributed by atoms with Crippen LogP contribution in [0.15, 0.2) is 0 Å². The van der Waals surface area contributed by atoms with Crippen LogP contribution in [0.1, 0.15) is 46.5 Å². The molecule has 0 aromatic carbocycles. The molecule has 0 aromatic rings. The normalized spacial score (nSPS) is 36.1. The summed E-state index contributed by atoms with van der Waals surface area (Å²) in [6, 6.07) is 0. The molecule has 0 aliphatic heterocycles. The summed E-state index contributed by atoms with van der Waals surface area (Å²) in [5.41, 5.74) is -0.345. The molecule has 3 atom stereocenters. The Labute approximate surface area is 86.0 Å². The van der Waals surface area contributed by atoms with E-state index in [1.165, 1.54) is 19.3 Å². The Morgan fingerprint density at radius 1 is 1.21 bits per heavy atom. The molecule has 2 nitrogen and oxygen atoms in total. The first-order valence-corrected chi connectivity index (χ1v) is 5.68. The number of hydrogen-bond acceptors (Lipinski definition) is 2. The predicted molar refractivity (Wildman–Crippen MR) is 54.8 cm³/mol. The third-order valence-electron chi connectivity index (χ3n) is 3.54.